The Balaban J connectivity index is 0.799. The maximum absolute atomic E-state index is 16.4. The SMILES string of the molecule is CC1(C)COCCC1n1c(Cc2cc(F)c(-c3cccc(OCc4ccc(C#N)cc4F)n3)cc2F)nc2ccc(C(=O)OC(=O)c3ccc4nc(Cc5cc(F)c(-c6cccc(OCc7ccc(C#N)cc7F)n6)cc5F)n(C5CCOCC5(C)C)c4c3)cc21. The lowest BCUT2D eigenvalue weighted by molar-refractivity contribution is -0.0250. The van der Waals surface area contributed by atoms with Crippen molar-refractivity contribution in [3.05, 3.63) is 225 Å². The molecule has 10 aromatic rings. The number of carbonyl (C=O) groups excluding carboxylic acids is 2. The molecule has 2 fully saturated rings. The molecule has 2 aliphatic rings. The van der Waals surface area contributed by atoms with Crippen molar-refractivity contribution in [3.63, 3.8) is 0 Å². The third kappa shape index (κ3) is 12.6. The van der Waals surface area contributed by atoms with Crippen molar-refractivity contribution in [1.82, 2.24) is 29.1 Å². The zero-order valence-electron chi connectivity index (χ0n) is 49.6. The first-order chi connectivity index (χ1) is 43.7. The summed E-state index contributed by atoms with van der Waals surface area (Å²) < 4.78 is 127. The lowest BCUT2D eigenvalue weighted by Gasteiger charge is -2.40. The van der Waals surface area contributed by atoms with E-state index in [2.05, 4.69) is 9.97 Å². The summed E-state index contributed by atoms with van der Waals surface area (Å²) in [6.45, 7) is 9.09. The molecule has 2 atom stereocenters. The number of aromatic nitrogens is 6. The van der Waals surface area contributed by atoms with Crippen LogP contribution in [0.15, 0.2) is 133 Å². The molecule has 2 aliphatic heterocycles. The van der Waals surface area contributed by atoms with Gasteiger partial charge in [0, 0.05) is 83.4 Å². The molecule has 12 rings (SSSR count). The monoisotopic (exact) mass is 1230 g/mol. The van der Waals surface area contributed by atoms with Crippen LogP contribution >= 0.6 is 0 Å². The number of carbonyl (C=O) groups is 2. The van der Waals surface area contributed by atoms with Gasteiger partial charge in [-0.2, -0.15) is 10.5 Å². The van der Waals surface area contributed by atoms with Crippen molar-refractivity contribution < 1.29 is 59.6 Å². The Hall–Kier alpha value is -10.2. The van der Waals surface area contributed by atoms with Crippen molar-refractivity contribution >= 4 is 34.0 Å². The molecular formula is C70H56F6N8O7. The van der Waals surface area contributed by atoms with E-state index in [9.17, 15) is 18.4 Å². The third-order valence-electron chi connectivity index (χ3n) is 16.7. The fourth-order valence-electron chi connectivity index (χ4n) is 11.9. The van der Waals surface area contributed by atoms with E-state index in [0.29, 0.717) is 73.0 Å². The van der Waals surface area contributed by atoms with Crippen LogP contribution in [-0.2, 0) is 40.3 Å². The molecule has 6 heterocycles. The first kappa shape index (κ1) is 61.0. The Morgan fingerprint density at radius 3 is 1.33 bits per heavy atom. The van der Waals surface area contributed by atoms with Gasteiger partial charge in [-0.05, 0) is 121 Å². The number of fused-ring (bicyclic) bond motifs is 2. The van der Waals surface area contributed by atoms with Crippen LogP contribution in [0, 0.1) is 68.4 Å². The van der Waals surface area contributed by atoms with Crippen LogP contribution in [-0.4, -0.2) is 67.4 Å². The molecule has 0 bridgehead atoms. The highest BCUT2D eigenvalue weighted by Crippen LogP contribution is 2.43. The summed E-state index contributed by atoms with van der Waals surface area (Å²) in [5.41, 5.74) is 1.27. The minimum atomic E-state index is -0.977. The molecule has 0 spiro atoms. The predicted octanol–water partition coefficient (Wildman–Crippen LogP) is 14.4. The summed E-state index contributed by atoms with van der Waals surface area (Å²) in [5, 5.41) is 18.2. The fraction of sp³-hybridized carbons (Fsp3) is 0.257. The van der Waals surface area contributed by atoms with E-state index in [1.807, 2.05) is 49.0 Å². The Kier molecular flexibility index (Phi) is 16.8. The van der Waals surface area contributed by atoms with Gasteiger partial charge in [0.05, 0.1) is 81.1 Å². The van der Waals surface area contributed by atoms with Gasteiger partial charge in [-0.25, -0.2) is 55.9 Å². The van der Waals surface area contributed by atoms with E-state index < -0.39 is 57.7 Å². The highest BCUT2D eigenvalue weighted by Gasteiger charge is 2.39. The molecule has 0 amide bonds. The highest BCUT2D eigenvalue weighted by molar-refractivity contribution is 6.05. The van der Waals surface area contributed by atoms with Crippen LogP contribution in [0.1, 0.15) is 118 Å². The van der Waals surface area contributed by atoms with Gasteiger partial charge in [0.25, 0.3) is 0 Å². The van der Waals surface area contributed by atoms with Crippen molar-refractivity contribution in [3.8, 4) is 46.4 Å². The molecule has 91 heavy (non-hydrogen) atoms. The van der Waals surface area contributed by atoms with Crippen LogP contribution < -0.4 is 9.47 Å². The molecule has 0 N–H and O–H groups in total. The largest absolute Gasteiger partial charge is 0.473 e. The van der Waals surface area contributed by atoms with E-state index in [1.165, 1.54) is 60.7 Å². The second-order valence-electron chi connectivity index (χ2n) is 23.9. The molecule has 15 nitrogen and oxygen atoms in total. The Morgan fingerprint density at radius 1 is 0.516 bits per heavy atom. The van der Waals surface area contributed by atoms with Crippen molar-refractivity contribution in [2.24, 2.45) is 10.8 Å². The number of nitrogens with zero attached hydrogens (tertiary/aromatic N) is 8. The standard InChI is InChI=1S/C70H56F6N8O7/c1-69(2)37-87-21-19-61(69)83-59-27-41(15-17-57(59)79-63(83)29-45-25-53(75)47(31-51(45)73)55-7-5-9-65(81-55)89-35-43-13-11-39(33-77)23-49(43)71)67(85)91-68(86)42-16-18-58-60(28-42)84(62-20-22-88-38-70(62,3)4)64(80-58)30-46-26-54(76)48(32-52(46)74)56-8-6-10-66(82-56)90-36-44-14-12-40(34-78)24-50(44)72/h5-18,23-28,31-32,61-62H,19-22,29-30,35-38H2,1-4H3. The number of nitriles is 2. The molecule has 2 saturated heterocycles. The number of hydrogen-bond donors (Lipinski definition) is 0. The summed E-state index contributed by atoms with van der Waals surface area (Å²) in [7, 11) is 0. The van der Waals surface area contributed by atoms with Gasteiger partial charge in [-0.15, -0.1) is 0 Å². The average Bonchev–Trinajstić information content (AvgIpc) is 1.64. The van der Waals surface area contributed by atoms with Gasteiger partial charge in [0.1, 0.15) is 59.8 Å². The first-order valence-electron chi connectivity index (χ1n) is 29.2. The number of halogens is 6. The van der Waals surface area contributed by atoms with Crippen LogP contribution in [0.5, 0.6) is 11.8 Å². The van der Waals surface area contributed by atoms with Crippen molar-refractivity contribution in [2.75, 3.05) is 26.4 Å². The quantitative estimate of drug-likeness (QED) is 0.0505. The molecule has 0 radical (unpaired) electrons. The van der Waals surface area contributed by atoms with E-state index >= 15 is 17.6 Å². The molecule has 21 heteroatoms. The fourth-order valence-corrected chi connectivity index (χ4v) is 11.9. The second kappa shape index (κ2) is 25.0. The maximum Gasteiger partial charge on any atom is 0.346 e. The number of rotatable bonds is 16. The Morgan fingerprint density at radius 2 is 0.934 bits per heavy atom. The predicted molar refractivity (Wildman–Crippen MR) is 321 cm³/mol. The number of esters is 2. The zero-order valence-corrected chi connectivity index (χ0v) is 49.6. The van der Waals surface area contributed by atoms with Crippen LogP contribution in [0.25, 0.3) is 44.6 Å². The van der Waals surface area contributed by atoms with Gasteiger partial charge in [-0.3, -0.25) is 0 Å². The average molecular weight is 1240 g/mol. The summed E-state index contributed by atoms with van der Waals surface area (Å²) in [5.74, 6) is -5.48. The lowest BCUT2D eigenvalue weighted by Crippen LogP contribution is -2.37. The number of hydrogen-bond acceptors (Lipinski definition) is 13. The Labute approximate surface area is 518 Å². The summed E-state index contributed by atoms with van der Waals surface area (Å²) in [6.07, 6.45) is 0.690. The first-order valence-corrected chi connectivity index (χ1v) is 29.2. The minimum Gasteiger partial charge on any atom is -0.473 e. The third-order valence-corrected chi connectivity index (χ3v) is 16.7. The molecule has 460 valence electrons. The van der Waals surface area contributed by atoms with E-state index in [-0.39, 0.29) is 117 Å². The number of imidazole rings is 2. The molecular weight excluding hydrogens is 1180 g/mol. The lowest BCUT2D eigenvalue weighted by atomic mass is 9.81. The van der Waals surface area contributed by atoms with Crippen LogP contribution in [0.4, 0.5) is 26.3 Å². The van der Waals surface area contributed by atoms with E-state index in [0.717, 1.165) is 36.4 Å². The summed E-state index contributed by atoms with van der Waals surface area (Å²) in [6, 6.07) is 33.6. The van der Waals surface area contributed by atoms with E-state index in [1.54, 1.807) is 36.4 Å². The molecule has 6 aromatic carbocycles. The second-order valence-corrected chi connectivity index (χ2v) is 23.9. The minimum absolute atomic E-state index is 0.00609. The van der Waals surface area contributed by atoms with Crippen LogP contribution in [0.2, 0.25) is 0 Å². The molecule has 0 saturated carbocycles. The highest BCUT2D eigenvalue weighted by atomic mass is 19.1. The smallest absolute Gasteiger partial charge is 0.346 e. The summed E-state index contributed by atoms with van der Waals surface area (Å²) in [4.78, 5) is 46.9. The van der Waals surface area contributed by atoms with Gasteiger partial charge in [0.15, 0.2) is 0 Å². The van der Waals surface area contributed by atoms with Gasteiger partial charge < -0.3 is 32.8 Å². The van der Waals surface area contributed by atoms with Crippen LogP contribution in [0.3, 0.4) is 0 Å². The molecule has 0 aliphatic carbocycles. The van der Waals surface area contributed by atoms with Gasteiger partial charge >= 0.3 is 11.9 Å². The van der Waals surface area contributed by atoms with Gasteiger partial charge in [0.2, 0.25) is 11.8 Å². The number of pyridine rings is 2. The van der Waals surface area contributed by atoms with Crippen molar-refractivity contribution in [2.45, 2.75) is 78.7 Å². The van der Waals surface area contributed by atoms with E-state index in [4.69, 9.17) is 44.2 Å². The number of ether oxygens (including phenoxy) is 5. The normalized spacial score (nSPS) is 16.1. The topological polar surface area (TPSA) is 189 Å². The number of benzene rings is 6. The van der Waals surface area contributed by atoms with Gasteiger partial charge in [-0.1, -0.05) is 52.0 Å². The summed E-state index contributed by atoms with van der Waals surface area (Å²) >= 11 is 0. The zero-order chi connectivity index (χ0) is 63.9. The van der Waals surface area contributed by atoms with Crippen molar-refractivity contribution in [1.29, 1.82) is 10.5 Å². The maximum atomic E-state index is 16.4. The molecule has 4 aromatic heterocycles. The molecule has 2 unspecified atom stereocenters. The Bertz CT molecular complexity index is 4340.